The summed E-state index contributed by atoms with van der Waals surface area (Å²) in [5.41, 5.74) is 0.0732. The number of ether oxygens (including phenoxy) is 2. The Morgan fingerprint density at radius 2 is 2.00 bits per heavy atom. The summed E-state index contributed by atoms with van der Waals surface area (Å²) in [6.07, 6.45) is -2.24. The summed E-state index contributed by atoms with van der Waals surface area (Å²) >= 11 is 0. The number of fused-ring (bicyclic) bond motifs is 2. The van der Waals surface area contributed by atoms with Crippen LogP contribution in [0.2, 0.25) is 0 Å². The van der Waals surface area contributed by atoms with Crippen LogP contribution in [0.1, 0.15) is 37.9 Å². The Labute approximate surface area is 213 Å². The lowest BCUT2D eigenvalue weighted by Gasteiger charge is -2.30. The van der Waals surface area contributed by atoms with Gasteiger partial charge in [-0.25, -0.2) is 4.79 Å². The molecule has 2 heterocycles. The fraction of sp³-hybridized carbons (Fsp3) is 0.583. The van der Waals surface area contributed by atoms with Crippen molar-refractivity contribution in [3.63, 3.8) is 0 Å². The summed E-state index contributed by atoms with van der Waals surface area (Å²) in [6.45, 7) is 5.57. The van der Waals surface area contributed by atoms with Crippen LogP contribution in [0.15, 0.2) is 30.5 Å². The number of cyclic esters (lactones) is 1. The Bertz CT molecular complexity index is 1030. The number of esters is 1. The van der Waals surface area contributed by atoms with Gasteiger partial charge in [0, 0.05) is 44.8 Å². The molecule has 1 aliphatic heterocycles. The van der Waals surface area contributed by atoms with Crippen LogP contribution >= 0.6 is 0 Å². The minimum atomic E-state index is -4.45. The minimum absolute atomic E-state index is 0.0533. The molecular weight excluding hydrogens is 493 g/mol. The van der Waals surface area contributed by atoms with Crippen molar-refractivity contribution in [1.82, 2.24) is 25.2 Å². The SMILES string of the molecule is C[C@@H]1COC(=O)CCCn2cc(nn2)CO[C@H](CN(C)C(=O)Nc2ccc(C(F)(F)F)cc2)[C@H](C)CN1. The van der Waals surface area contributed by atoms with E-state index in [0.717, 1.165) is 12.1 Å². The summed E-state index contributed by atoms with van der Waals surface area (Å²) in [4.78, 5) is 26.1. The highest BCUT2D eigenvalue weighted by molar-refractivity contribution is 5.89. The van der Waals surface area contributed by atoms with E-state index in [0.29, 0.717) is 25.2 Å². The number of aryl methyl sites for hydroxylation is 1. The van der Waals surface area contributed by atoms with Gasteiger partial charge in [0.25, 0.3) is 0 Å². The molecule has 1 aromatic heterocycles. The number of likely N-dealkylation sites (N-methyl/N-ethyl adjacent to an activating group) is 1. The van der Waals surface area contributed by atoms with E-state index in [1.807, 2.05) is 13.8 Å². The van der Waals surface area contributed by atoms with Gasteiger partial charge < -0.3 is 25.0 Å². The number of aromatic nitrogens is 3. The molecule has 2 amide bonds. The van der Waals surface area contributed by atoms with E-state index < -0.39 is 23.9 Å². The lowest BCUT2D eigenvalue weighted by atomic mass is 10.0. The second-order valence-corrected chi connectivity index (χ2v) is 9.28. The number of benzene rings is 1. The summed E-state index contributed by atoms with van der Waals surface area (Å²) < 4.78 is 51.5. The van der Waals surface area contributed by atoms with Crippen LogP contribution in [-0.4, -0.2) is 70.8 Å². The highest BCUT2D eigenvalue weighted by Crippen LogP contribution is 2.29. The highest BCUT2D eigenvalue weighted by atomic mass is 19.4. The van der Waals surface area contributed by atoms with Crippen LogP contribution in [0.5, 0.6) is 0 Å². The molecule has 2 N–H and O–H groups in total. The maximum absolute atomic E-state index is 12.8. The summed E-state index contributed by atoms with van der Waals surface area (Å²) in [6, 6.07) is 3.69. The van der Waals surface area contributed by atoms with Gasteiger partial charge in [0.1, 0.15) is 12.3 Å². The first-order valence-electron chi connectivity index (χ1n) is 12.1. The van der Waals surface area contributed by atoms with E-state index in [9.17, 15) is 22.8 Å². The average molecular weight is 527 g/mol. The lowest BCUT2D eigenvalue weighted by molar-refractivity contribution is -0.144. The molecule has 0 fully saturated rings. The highest BCUT2D eigenvalue weighted by Gasteiger charge is 2.30. The van der Waals surface area contributed by atoms with Crippen LogP contribution in [0, 0.1) is 5.92 Å². The van der Waals surface area contributed by atoms with Gasteiger partial charge in [-0.3, -0.25) is 9.48 Å². The number of urea groups is 1. The molecule has 0 unspecified atom stereocenters. The van der Waals surface area contributed by atoms with Crippen molar-refractivity contribution < 1.29 is 32.2 Å². The molecule has 37 heavy (non-hydrogen) atoms. The molecule has 3 atom stereocenters. The average Bonchev–Trinajstić information content (AvgIpc) is 3.30. The van der Waals surface area contributed by atoms with E-state index in [1.165, 1.54) is 17.0 Å². The minimum Gasteiger partial charge on any atom is -0.464 e. The van der Waals surface area contributed by atoms with Crippen molar-refractivity contribution in [1.29, 1.82) is 0 Å². The van der Waals surface area contributed by atoms with E-state index >= 15 is 0 Å². The summed E-state index contributed by atoms with van der Waals surface area (Å²) in [5, 5.41) is 14.1. The Kier molecular flexibility index (Phi) is 9.86. The van der Waals surface area contributed by atoms with Crippen molar-refractivity contribution in [3.05, 3.63) is 41.7 Å². The first-order valence-corrected chi connectivity index (χ1v) is 12.1. The Morgan fingerprint density at radius 1 is 1.27 bits per heavy atom. The van der Waals surface area contributed by atoms with Gasteiger partial charge >= 0.3 is 18.2 Å². The molecule has 0 saturated heterocycles. The second kappa shape index (κ2) is 12.9. The number of hydrogen-bond acceptors (Lipinski definition) is 7. The van der Waals surface area contributed by atoms with Crippen LogP contribution in [0.25, 0.3) is 0 Å². The fourth-order valence-corrected chi connectivity index (χ4v) is 3.67. The predicted octanol–water partition coefficient (Wildman–Crippen LogP) is 3.30. The topological polar surface area (TPSA) is 111 Å². The molecule has 1 aliphatic rings. The number of rotatable bonds is 3. The third kappa shape index (κ3) is 9.01. The van der Waals surface area contributed by atoms with Gasteiger partial charge in [0.2, 0.25) is 0 Å². The molecule has 2 bridgehead atoms. The number of nitrogens with zero attached hydrogens (tertiary/aromatic N) is 4. The molecule has 1 aromatic carbocycles. The first kappa shape index (κ1) is 28.4. The molecule has 0 saturated carbocycles. The third-order valence-electron chi connectivity index (χ3n) is 5.98. The molecule has 204 valence electrons. The van der Waals surface area contributed by atoms with Gasteiger partial charge in [0.15, 0.2) is 0 Å². The molecule has 0 aliphatic carbocycles. The molecule has 10 nitrogen and oxygen atoms in total. The van der Waals surface area contributed by atoms with Gasteiger partial charge in [-0.05, 0) is 43.5 Å². The second-order valence-electron chi connectivity index (χ2n) is 9.28. The zero-order valence-electron chi connectivity index (χ0n) is 21.1. The lowest BCUT2D eigenvalue weighted by Crippen LogP contribution is -2.44. The Hall–Kier alpha value is -3.19. The largest absolute Gasteiger partial charge is 0.464 e. The molecule has 3 rings (SSSR count). The third-order valence-corrected chi connectivity index (χ3v) is 5.98. The first-order chi connectivity index (χ1) is 17.5. The van der Waals surface area contributed by atoms with E-state index in [2.05, 4.69) is 20.9 Å². The Balaban J connectivity index is 1.65. The molecule has 2 aromatic rings. The van der Waals surface area contributed by atoms with Gasteiger partial charge in [-0.15, -0.1) is 5.10 Å². The van der Waals surface area contributed by atoms with Gasteiger partial charge in [-0.2, -0.15) is 13.2 Å². The smallest absolute Gasteiger partial charge is 0.416 e. The standard InChI is InChI=1S/C24H33F3N6O4/c1-16-11-28-17(2)14-37-22(34)5-4-10-33-12-20(30-31-33)15-36-21(16)13-32(3)23(35)29-19-8-6-18(7-9-19)24(25,26)27/h6-9,12,16-17,21,28H,4-5,10-11,13-15H2,1-3H3,(H,29,35)/t16-,17-,21-/m1/s1. The molecule has 0 spiro atoms. The number of alkyl halides is 3. The molecule has 0 radical (unpaired) electrons. The van der Waals surface area contributed by atoms with Crippen molar-refractivity contribution in [2.75, 3.05) is 32.1 Å². The Morgan fingerprint density at radius 3 is 2.70 bits per heavy atom. The molecule has 13 heteroatoms. The van der Waals surface area contributed by atoms with Crippen molar-refractivity contribution in [2.45, 2.75) is 58.2 Å². The number of amides is 2. The van der Waals surface area contributed by atoms with E-state index in [1.54, 1.807) is 17.9 Å². The maximum atomic E-state index is 12.8. The van der Waals surface area contributed by atoms with Crippen molar-refractivity contribution in [3.8, 4) is 0 Å². The van der Waals surface area contributed by atoms with Crippen LogP contribution in [0.4, 0.5) is 23.7 Å². The number of carbonyl (C=O) groups excluding carboxylic acids is 2. The van der Waals surface area contributed by atoms with Crippen LogP contribution in [-0.2, 0) is 33.6 Å². The molecular formula is C24H33F3N6O4. The van der Waals surface area contributed by atoms with E-state index in [-0.39, 0.29) is 49.8 Å². The predicted molar refractivity (Wildman–Crippen MR) is 129 cm³/mol. The van der Waals surface area contributed by atoms with Gasteiger partial charge in [-0.1, -0.05) is 12.1 Å². The summed E-state index contributed by atoms with van der Waals surface area (Å²) in [7, 11) is 1.58. The summed E-state index contributed by atoms with van der Waals surface area (Å²) in [5.74, 6) is -0.321. The number of anilines is 1. The fourth-order valence-electron chi connectivity index (χ4n) is 3.67. The number of carbonyl (C=O) groups is 2. The quantitative estimate of drug-likeness (QED) is 0.591. The van der Waals surface area contributed by atoms with Crippen LogP contribution in [0.3, 0.4) is 0 Å². The maximum Gasteiger partial charge on any atom is 0.416 e. The van der Waals surface area contributed by atoms with Crippen molar-refractivity contribution in [2.24, 2.45) is 5.92 Å². The van der Waals surface area contributed by atoms with Crippen LogP contribution < -0.4 is 10.6 Å². The normalized spacial score (nSPS) is 22.2. The van der Waals surface area contributed by atoms with Crippen molar-refractivity contribution >= 4 is 17.7 Å². The monoisotopic (exact) mass is 526 g/mol. The number of hydrogen-bond donors (Lipinski definition) is 2. The van der Waals surface area contributed by atoms with E-state index in [4.69, 9.17) is 9.47 Å². The zero-order valence-corrected chi connectivity index (χ0v) is 21.1. The number of nitrogens with one attached hydrogen (secondary N) is 2. The van der Waals surface area contributed by atoms with Gasteiger partial charge in [0.05, 0.1) is 24.5 Å². The number of halogens is 3. The zero-order chi connectivity index (χ0) is 27.0.